The summed E-state index contributed by atoms with van der Waals surface area (Å²) in [4.78, 5) is 0. The van der Waals surface area contributed by atoms with Crippen LogP contribution in [0.3, 0.4) is 0 Å². The number of ether oxygens (including phenoxy) is 2. The third kappa shape index (κ3) is 2.92. The summed E-state index contributed by atoms with van der Waals surface area (Å²) < 4.78 is 11.0. The van der Waals surface area contributed by atoms with E-state index in [0.29, 0.717) is 30.4 Å². The minimum absolute atomic E-state index is 0.407. The molecule has 2 atom stereocenters. The van der Waals surface area contributed by atoms with Crippen molar-refractivity contribution in [1.29, 1.82) is 0 Å². The molecule has 1 saturated heterocycles. The van der Waals surface area contributed by atoms with Crippen LogP contribution in [0.25, 0.3) is 0 Å². The van der Waals surface area contributed by atoms with E-state index >= 15 is 0 Å². The van der Waals surface area contributed by atoms with Gasteiger partial charge in [-0.3, -0.25) is 0 Å². The second kappa shape index (κ2) is 4.81. The fourth-order valence-corrected chi connectivity index (χ4v) is 2.77. The molecule has 3 heteroatoms. The molecule has 88 valence electrons. The minimum Gasteiger partial charge on any atom is -0.381 e. The lowest BCUT2D eigenvalue weighted by atomic mass is 9.87. The molecule has 2 aliphatic rings. The van der Waals surface area contributed by atoms with Crippen LogP contribution in [0, 0.1) is 0 Å². The van der Waals surface area contributed by atoms with Gasteiger partial charge in [-0.1, -0.05) is 0 Å². The van der Waals surface area contributed by atoms with Crippen LogP contribution in [-0.4, -0.2) is 37.5 Å². The molecule has 1 aliphatic heterocycles. The molecule has 1 N–H and O–H groups in total. The zero-order valence-corrected chi connectivity index (χ0v) is 10.0. The lowest BCUT2D eigenvalue weighted by Crippen LogP contribution is -2.52. The largest absolute Gasteiger partial charge is 0.381 e. The Labute approximate surface area is 92.5 Å². The van der Waals surface area contributed by atoms with Crippen LogP contribution in [0.4, 0.5) is 0 Å². The number of methoxy groups -OCH3 is 1. The van der Waals surface area contributed by atoms with Gasteiger partial charge in [0.05, 0.1) is 18.3 Å². The maximum absolute atomic E-state index is 5.73. The molecule has 0 aromatic heterocycles. The molecule has 1 heterocycles. The van der Waals surface area contributed by atoms with Crippen molar-refractivity contribution < 1.29 is 9.47 Å². The first-order valence-corrected chi connectivity index (χ1v) is 6.11. The first-order chi connectivity index (χ1) is 7.17. The molecule has 15 heavy (non-hydrogen) atoms. The van der Waals surface area contributed by atoms with Crippen molar-refractivity contribution in [2.45, 2.75) is 69.9 Å². The van der Waals surface area contributed by atoms with Crippen molar-refractivity contribution in [1.82, 2.24) is 5.32 Å². The number of hydrogen-bond acceptors (Lipinski definition) is 3. The summed E-state index contributed by atoms with van der Waals surface area (Å²) in [6.45, 7) is 4.34. The van der Waals surface area contributed by atoms with Crippen LogP contribution in [0.5, 0.6) is 0 Å². The summed E-state index contributed by atoms with van der Waals surface area (Å²) in [6.07, 6.45) is 5.97. The summed E-state index contributed by atoms with van der Waals surface area (Å²) in [6, 6.07) is 1.32. The molecule has 0 aromatic rings. The van der Waals surface area contributed by atoms with Crippen molar-refractivity contribution in [2.75, 3.05) is 7.11 Å². The van der Waals surface area contributed by atoms with E-state index in [0.717, 1.165) is 12.8 Å². The molecule has 0 bridgehead atoms. The topological polar surface area (TPSA) is 30.5 Å². The van der Waals surface area contributed by atoms with Gasteiger partial charge in [-0.05, 0) is 39.5 Å². The van der Waals surface area contributed by atoms with Crippen molar-refractivity contribution >= 4 is 0 Å². The van der Waals surface area contributed by atoms with Gasteiger partial charge in [0.1, 0.15) is 0 Å². The molecule has 0 amide bonds. The predicted octanol–water partition coefficient (Wildman–Crippen LogP) is 1.71. The maximum atomic E-state index is 5.73. The molecular formula is C12H23NO2. The van der Waals surface area contributed by atoms with Gasteiger partial charge >= 0.3 is 0 Å². The fraction of sp³-hybridized carbons (Fsp3) is 1.00. The van der Waals surface area contributed by atoms with Crippen LogP contribution in [0.1, 0.15) is 39.5 Å². The highest BCUT2D eigenvalue weighted by Gasteiger charge is 2.32. The van der Waals surface area contributed by atoms with Gasteiger partial charge in [-0.25, -0.2) is 0 Å². The molecule has 2 rings (SSSR count). The van der Waals surface area contributed by atoms with Gasteiger partial charge in [0.25, 0.3) is 0 Å². The molecule has 0 radical (unpaired) electrons. The van der Waals surface area contributed by atoms with Crippen molar-refractivity contribution in [2.24, 2.45) is 0 Å². The highest BCUT2D eigenvalue weighted by atomic mass is 16.5. The predicted molar refractivity (Wildman–Crippen MR) is 60.0 cm³/mol. The lowest BCUT2D eigenvalue weighted by Gasteiger charge is -2.40. The van der Waals surface area contributed by atoms with E-state index in [1.54, 1.807) is 7.11 Å². The molecule has 2 fully saturated rings. The molecule has 3 nitrogen and oxygen atoms in total. The van der Waals surface area contributed by atoms with E-state index in [-0.39, 0.29) is 0 Å². The van der Waals surface area contributed by atoms with Crippen LogP contribution < -0.4 is 5.32 Å². The Morgan fingerprint density at radius 1 is 1.00 bits per heavy atom. The third-order valence-electron chi connectivity index (χ3n) is 3.60. The normalized spacial score (nSPS) is 46.2. The van der Waals surface area contributed by atoms with Crippen molar-refractivity contribution in [3.8, 4) is 0 Å². The third-order valence-corrected chi connectivity index (χ3v) is 3.60. The first-order valence-electron chi connectivity index (χ1n) is 6.11. The van der Waals surface area contributed by atoms with E-state index in [1.165, 1.54) is 12.8 Å². The van der Waals surface area contributed by atoms with Gasteiger partial charge in [-0.15, -0.1) is 0 Å². The van der Waals surface area contributed by atoms with Crippen molar-refractivity contribution in [3.63, 3.8) is 0 Å². The van der Waals surface area contributed by atoms with E-state index in [2.05, 4.69) is 19.2 Å². The summed E-state index contributed by atoms with van der Waals surface area (Å²) in [7, 11) is 1.81. The number of rotatable bonds is 3. The maximum Gasteiger partial charge on any atom is 0.0601 e. The Balaban J connectivity index is 1.71. The summed E-state index contributed by atoms with van der Waals surface area (Å²) in [5, 5.41) is 3.72. The first kappa shape index (κ1) is 11.4. The highest BCUT2D eigenvalue weighted by molar-refractivity contribution is 4.90. The Bertz CT molecular complexity index is 194. The standard InChI is InChI=1S/C12H23NO2/c1-8-4-10(5-9(2)15-8)13-11-6-12(7-11)14-3/h8-13H,4-7H2,1-3H3. The second-order valence-corrected chi connectivity index (χ2v) is 5.12. The molecule has 1 aliphatic carbocycles. The number of nitrogens with one attached hydrogen (secondary N) is 1. The number of hydrogen-bond donors (Lipinski definition) is 1. The van der Waals surface area contributed by atoms with Gasteiger partial charge in [-0.2, -0.15) is 0 Å². The second-order valence-electron chi connectivity index (χ2n) is 5.12. The average molecular weight is 213 g/mol. The Morgan fingerprint density at radius 2 is 1.53 bits per heavy atom. The van der Waals surface area contributed by atoms with E-state index < -0.39 is 0 Å². The zero-order valence-electron chi connectivity index (χ0n) is 10.0. The molecule has 0 spiro atoms. The fourth-order valence-electron chi connectivity index (χ4n) is 2.77. The Morgan fingerprint density at radius 3 is 2.07 bits per heavy atom. The summed E-state index contributed by atoms with van der Waals surface area (Å²) >= 11 is 0. The zero-order chi connectivity index (χ0) is 10.8. The summed E-state index contributed by atoms with van der Waals surface area (Å²) in [5.41, 5.74) is 0. The van der Waals surface area contributed by atoms with Gasteiger partial charge in [0, 0.05) is 19.2 Å². The van der Waals surface area contributed by atoms with Crippen LogP contribution in [-0.2, 0) is 9.47 Å². The monoisotopic (exact) mass is 213 g/mol. The Hall–Kier alpha value is -0.120. The highest BCUT2D eigenvalue weighted by Crippen LogP contribution is 2.26. The van der Waals surface area contributed by atoms with Crippen LogP contribution >= 0.6 is 0 Å². The Kier molecular flexibility index (Phi) is 3.65. The van der Waals surface area contributed by atoms with Gasteiger partial charge < -0.3 is 14.8 Å². The van der Waals surface area contributed by atoms with Crippen LogP contribution in [0.15, 0.2) is 0 Å². The quantitative estimate of drug-likeness (QED) is 0.774. The SMILES string of the molecule is COC1CC(NC2CC(C)OC(C)C2)C1. The lowest BCUT2D eigenvalue weighted by molar-refractivity contribution is -0.0510. The summed E-state index contributed by atoms with van der Waals surface area (Å²) in [5.74, 6) is 0. The smallest absolute Gasteiger partial charge is 0.0601 e. The van der Waals surface area contributed by atoms with Gasteiger partial charge in [0.2, 0.25) is 0 Å². The van der Waals surface area contributed by atoms with Gasteiger partial charge in [0.15, 0.2) is 0 Å². The van der Waals surface area contributed by atoms with E-state index in [1.807, 2.05) is 0 Å². The van der Waals surface area contributed by atoms with Crippen LogP contribution in [0.2, 0.25) is 0 Å². The van der Waals surface area contributed by atoms with E-state index in [4.69, 9.17) is 9.47 Å². The molecule has 1 saturated carbocycles. The van der Waals surface area contributed by atoms with Crippen molar-refractivity contribution in [3.05, 3.63) is 0 Å². The minimum atomic E-state index is 0.407. The van der Waals surface area contributed by atoms with E-state index in [9.17, 15) is 0 Å². The molecule has 0 aromatic carbocycles. The average Bonchev–Trinajstić information content (AvgIpc) is 2.08. The molecule has 2 unspecified atom stereocenters. The molecular weight excluding hydrogens is 190 g/mol.